The fourth-order valence-corrected chi connectivity index (χ4v) is 2.48. The number of methoxy groups -OCH3 is 1. The van der Waals surface area contributed by atoms with Gasteiger partial charge in [0, 0.05) is 19.3 Å². The normalized spacial score (nSPS) is 11.1. The zero-order valence-electron chi connectivity index (χ0n) is 15.1. The van der Waals surface area contributed by atoms with E-state index in [9.17, 15) is 0 Å². The number of fused-ring (bicyclic) bond motifs is 1. The molecule has 0 radical (unpaired) electrons. The fourth-order valence-electron chi connectivity index (χ4n) is 2.48. The van der Waals surface area contributed by atoms with Crippen LogP contribution < -0.4 is 15.4 Å². The molecule has 0 saturated heterocycles. The van der Waals surface area contributed by atoms with Gasteiger partial charge in [0.05, 0.1) is 18.7 Å². The van der Waals surface area contributed by atoms with Gasteiger partial charge in [0.1, 0.15) is 11.6 Å². The molecule has 3 rings (SSSR count). The summed E-state index contributed by atoms with van der Waals surface area (Å²) in [5.74, 6) is 2.78. The van der Waals surface area contributed by atoms with Gasteiger partial charge in [-0.3, -0.25) is 4.68 Å². The molecule has 2 heterocycles. The van der Waals surface area contributed by atoms with Crippen LogP contribution in [0.15, 0.2) is 30.5 Å². The molecule has 0 fully saturated rings. The Morgan fingerprint density at radius 3 is 2.60 bits per heavy atom. The van der Waals surface area contributed by atoms with Crippen molar-refractivity contribution in [2.45, 2.75) is 20.3 Å². The molecular formula is C18H24N6O. The molecule has 0 bridgehead atoms. The molecule has 0 atom stereocenters. The van der Waals surface area contributed by atoms with Crippen LogP contribution in [0.5, 0.6) is 5.75 Å². The molecule has 132 valence electrons. The first-order valence-corrected chi connectivity index (χ1v) is 8.41. The van der Waals surface area contributed by atoms with Crippen LogP contribution >= 0.6 is 0 Å². The first kappa shape index (κ1) is 17.0. The van der Waals surface area contributed by atoms with Crippen molar-refractivity contribution in [1.82, 2.24) is 19.7 Å². The minimum Gasteiger partial charge on any atom is -0.497 e. The Balaban J connectivity index is 1.88. The number of rotatable bonds is 7. The van der Waals surface area contributed by atoms with Gasteiger partial charge in [-0.25, -0.2) is 0 Å². The average molecular weight is 340 g/mol. The Hall–Kier alpha value is -2.83. The van der Waals surface area contributed by atoms with Crippen LogP contribution in [0.2, 0.25) is 0 Å². The number of nitrogens with one attached hydrogen (secondary N) is 2. The lowest BCUT2D eigenvalue weighted by atomic mass is 10.1. The Kier molecular flexibility index (Phi) is 5.02. The smallest absolute Gasteiger partial charge is 0.226 e. The third-order valence-electron chi connectivity index (χ3n) is 3.95. The maximum Gasteiger partial charge on any atom is 0.226 e. The molecule has 0 amide bonds. The van der Waals surface area contributed by atoms with Gasteiger partial charge < -0.3 is 15.4 Å². The number of benzene rings is 1. The highest BCUT2D eigenvalue weighted by Crippen LogP contribution is 2.26. The molecule has 0 aliphatic carbocycles. The van der Waals surface area contributed by atoms with Crippen LogP contribution in [-0.4, -0.2) is 33.4 Å². The zero-order chi connectivity index (χ0) is 17.8. The van der Waals surface area contributed by atoms with Crippen LogP contribution in [0.1, 0.15) is 20.3 Å². The Bertz CT molecular complexity index is 841. The number of nitrogens with zero attached hydrogens (tertiary/aromatic N) is 4. The molecule has 0 aliphatic rings. The van der Waals surface area contributed by atoms with E-state index in [0.717, 1.165) is 41.3 Å². The van der Waals surface area contributed by atoms with E-state index in [1.807, 2.05) is 31.3 Å². The molecule has 7 heteroatoms. The molecule has 0 spiro atoms. The highest BCUT2D eigenvalue weighted by molar-refractivity contribution is 5.89. The fraction of sp³-hybridized carbons (Fsp3) is 0.389. The van der Waals surface area contributed by atoms with Gasteiger partial charge in [0.15, 0.2) is 5.65 Å². The number of aromatic nitrogens is 4. The topological polar surface area (TPSA) is 76.9 Å². The summed E-state index contributed by atoms with van der Waals surface area (Å²) in [5.41, 5.74) is 1.72. The average Bonchev–Trinajstić information content (AvgIpc) is 2.97. The van der Waals surface area contributed by atoms with Crippen LogP contribution in [0.3, 0.4) is 0 Å². The van der Waals surface area contributed by atoms with E-state index < -0.39 is 0 Å². The summed E-state index contributed by atoms with van der Waals surface area (Å²) >= 11 is 0. The van der Waals surface area contributed by atoms with Crippen molar-refractivity contribution in [2.75, 3.05) is 24.3 Å². The van der Waals surface area contributed by atoms with Gasteiger partial charge in [-0.15, -0.1) is 0 Å². The molecule has 0 saturated carbocycles. The van der Waals surface area contributed by atoms with Gasteiger partial charge in [0.25, 0.3) is 0 Å². The van der Waals surface area contributed by atoms with Crippen LogP contribution in [0.25, 0.3) is 11.0 Å². The number of ether oxygens (including phenoxy) is 1. The van der Waals surface area contributed by atoms with Crippen molar-refractivity contribution in [3.05, 3.63) is 30.5 Å². The minimum absolute atomic E-state index is 0.604. The number of hydrogen-bond donors (Lipinski definition) is 2. The third kappa shape index (κ3) is 3.99. The molecule has 1 aromatic carbocycles. The summed E-state index contributed by atoms with van der Waals surface area (Å²) in [6, 6.07) is 7.72. The summed E-state index contributed by atoms with van der Waals surface area (Å²) in [5, 5.41) is 11.8. The molecule has 0 unspecified atom stereocenters. The maximum atomic E-state index is 5.20. The van der Waals surface area contributed by atoms with Gasteiger partial charge in [-0.2, -0.15) is 15.1 Å². The lowest BCUT2D eigenvalue weighted by molar-refractivity contribution is 0.415. The van der Waals surface area contributed by atoms with E-state index in [0.29, 0.717) is 11.9 Å². The molecular weight excluding hydrogens is 316 g/mol. The summed E-state index contributed by atoms with van der Waals surface area (Å²) in [6.07, 6.45) is 2.84. The van der Waals surface area contributed by atoms with Crippen LogP contribution in [-0.2, 0) is 7.05 Å². The standard InChI is InChI=1S/C18H24N6O/c1-12(2)9-10-19-18-22-16(15-11-20-24(3)17(15)23-18)21-13-5-7-14(25-4)8-6-13/h5-8,11-12H,9-10H2,1-4H3,(H2,19,21,22,23). The second kappa shape index (κ2) is 7.38. The predicted molar refractivity (Wildman–Crippen MR) is 101 cm³/mol. The molecule has 7 nitrogen and oxygen atoms in total. The largest absolute Gasteiger partial charge is 0.497 e. The number of aryl methyl sites for hydroxylation is 1. The van der Waals surface area contributed by atoms with E-state index in [1.165, 1.54) is 0 Å². The summed E-state index contributed by atoms with van der Waals surface area (Å²) in [4.78, 5) is 9.21. The highest BCUT2D eigenvalue weighted by Gasteiger charge is 2.12. The number of hydrogen-bond acceptors (Lipinski definition) is 6. The molecule has 25 heavy (non-hydrogen) atoms. The Labute approximate surface area is 147 Å². The molecule has 2 N–H and O–H groups in total. The van der Waals surface area contributed by atoms with Crippen molar-refractivity contribution >= 4 is 28.5 Å². The lowest BCUT2D eigenvalue weighted by Crippen LogP contribution is -2.09. The Morgan fingerprint density at radius 1 is 1.16 bits per heavy atom. The van der Waals surface area contributed by atoms with Gasteiger partial charge in [0.2, 0.25) is 5.95 Å². The second-order valence-corrected chi connectivity index (χ2v) is 6.36. The van der Waals surface area contributed by atoms with E-state index in [-0.39, 0.29) is 0 Å². The monoisotopic (exact) mass is 340 g/mol. The summed E-state index contributed by atoms with van der Waals surface area (Å²) < 4.78 is 6.95. The quantitative estimate of drug-likeness (QED) is 0.685. The zero-order valence-corrected chi connectivity index (χ0v) is 15.1. The van der Waals surface area contributed by atoms with Crippen molar-refractivity contribution in [3.8, 4) is 5.75 Å². The first-order valence-electron chi connectivity index (χ1n) is 8.41. The number of anilines is 3. The highest BCUT2D eigenvalue weighted by atomic mass is 16.5. The van der Waals surface area contributed by atoms with E-state index >= 15 is 0 Å². The van der Waals surface area contributed by atoms with Crippen LogP contribution in [0, 0.1) is 5.92 Å². The second-order valence-electron chi connectivity index (χ2n) is 6.36. The lowest BCUT2D eigenvalue weighted by Gasteiger charge is -2.11. The van der Waals surface area contributed by atoms with E-state index in [1.54, 1.807) is 18.0 Å². The maximum absolute atomic E-state index is 5.20. The molecule has 0 aliphatic heterocycles. The third-order valence-corrected chi connectivity index (χ3v) is 3.95. The van der Waals surface area contributed by atoms with E-state index in [4.69, 9.17) is 4.74 Å². The molecule has 2 aromatic heterocycles. The van der Waals surface area contributed by atoms with Gasteiger partial charge >= 0.3 is 0 Å². The van der Waals surface area contributed by atoms with E-state index in [2.05, 4.69) is 39.5 Å². The van der Waals surface area contributed by atoms with Crippen molar-refractivity contribution < 1.29 is 4.74 Å². The Morgan fingerprint density at radius 2 is 1.92 bits per heavy atom. The van der Waals surface area contributed by atoms with Gasteiger partial charge in [-0.1, -0.05) is 13.8 Å². The van der Waals surface area contributed by atoms with Crippen molar-refractivity contribution in [3.63, 3.8) is 0 Å². The summed E-state index contributed by atoms with van der Waals surface area (Å²) in [6.45, 7) is 5.23. The minimum atomic E-state index is 0.604. The van der Waals surface area contributed by atoms with Crippen molar-refractivity contribution in [1.29, 1.82) is 0 Å². The predicted octanol–water partition coefficient (Wildman–Crippen LogP) is 3.57. The van der Waals surface area contributed by atoms with Crippen molar-refractivity contribution in [2.24, 2.45) is 13.0 Å². The van der Waals surface area contributed by atoms with Crippen LogP contribution in [0.4, 0.5) is 17.5 Å². The first-order chi connectivity index (χ1) is 12.1. The summed E-state index contributed by atoms with van der Waals surface area (Å²) in [7, 11) is 3.53. The van der Waals surface area contributed by atoms with Gasteiger partial charge in [-0.05, 0) is 36.6 Å². The SMILES string of the molecule is COc1ccc(Nc2nc(NCCC(C)C)nc3c2cnn3C)cc1. The molecule has 3 aromatic rings.